The number of nitrogens with zero attached hydrogens (tertiary/aromatic N) is 1. The summed E-state index contributed by atoms with van der Waals surface area (Å²) < 4.78 is 5.38. The molecule has 8 nitrogen and oxygen atoms in total. The molecule has 0 spiro atoms. The number of amides is 3. The molecule has 0 saturated heterocycles. The van der Waals surface area contributed by atoms with Gasteiger partial charge in [-0.25, -0.2) is 4.79 Å². The van der Waals surface area contributed by atoms with Crippen molar-refractivity contribution in [3.05, 3.63) is 35.4 Å². The van der Waals surface area contributed by atoms with Gasteiger partial charge >= 0.3 is 6.09 Å². The smallest absolute Gasteiger partial charge is 0.408 e. The summed E-state index contributed by atoms with van der Waals surface area (Å²) in [6, 6.07) is 5.76. The molecule has 204 valence electrons. The summed E-state index contributed by atoms with van der Waals surface area (Å²) in [4.78, 5) is 41.1. The highest BCUT2D eigenvalue weighted by Gasteiger charge is 2.35. The number of carbonyl (C=O) groups is 3. The number of carbonyl (C=O) groups excluding carboxylic acids is 3. The molecule has 0 aliphatic rings. The lowest BCUT2D eigenvalue weighted by Crippen LogP contribution is -2.54. The molecule has 2 unspecified atom stereocenters. The van der Waals surface area contributed by atoms with Crippen molar-refractivity contribution in [2.24, 2.45) is 0 Å². The molecule has 0 bridgehead atoms. The second kappa shape index (κ2) is 16.5. The van der Waals surface area contributed by atoms with E-state index in [1.165, 1.54) is 4.90 Å². The molecule has 2 atom stereocenters. The third-order valence-corrected chi connectivity index (χ3v) is 6.21. The third-order valence-electron chi connectivity index (χ3n) is 5.57. The number of aliphatic hydroxyl groups is 1. The van der Waals surface area contributed by atoms with Crippen LogP contribution in [0.3, 0.4) is 0 Å². The predicted molar refractivity (Wildman–Crippen MR) is 146 cm³/mol. The molecular weight excluding hydrogens is 478 g/mol. The zero-order valence-corrected chi connectivity index (χ0v) is 23.6. The van der Waals surface area contributed by atoms with E-state index in [4.69, 9.17) is 4.74 Å². The van der Waals surface area contributed by atoms with Crippen LogP contribution in [0.15, 0.2) is 24.3 Å². The van der Waals surface area contributed by atoms with Gasteiger partial charge in [-0.15, -0.1) is 0 Å². The lowest BCUT2D eigenvalue weighted by atomic mass is 10.00. The first-order valence-corrected chi connectivity index (χ1v) is 14.2. The Balaban J connectivity index is 3.33. The van der Waals surface area contributed by atoms with Crippen molar-refractivity contribution >= 4 is 29.7 Å². The molecule has 0 saturated carbocycles. The Labute approximate surface area is 220 Å². The molecule has 1 aromatic carbocycles. The molecule has 0 fully saturated rings. The molecule has 3 amide bonds. The number of hydrogen-bond donors (Lipinski definition) is 3. The summed E-state index contributed by atoms with van der Waals surface area (Å²) in [7, 11) is 0. The van der Waals surface area contributed by atoms with Gasteiger partial charge in [0.25, 0.3) is 0 Å². The molecule has 0 aliphatic heterocycles. The van der Waals surface area contributed by atoms with Crippen LogP contribution in [0.5, 0.6) is 0 Å². The van der Waals surface area contributed by atoms with Crippen LogP contribution >= 0.6 is 11.8 Å². The van der Waals surface area contributed by atoms with Crippen LogP contribution in [-0.4, -0.2) is 71.3 Å². The van der Waals surface area contributed by atoms with Gasteiger partial charge in [-0.2, -0.15) is 11.8 Å². The van der Waals surface area contributed by atoms with E-state index in [9.17, 15) is 19.5 Å². The van der Waals surface area contributed by atoms with Crippen molar-refractivity contribution in [3.8, 4) is 0 Å². The number of alkyl carbamates (subject to hydrolysis) is 1. The number of nitrogens with one attached hydrogen (secondary N) is 2. The van der Waals surface area contributed by atoms with Gasteiger partial charge in [0.1, 0.15) is 17.7 Å². The van der Waals surface area contributed by atoms with Gasteiger partial charge in [0.2, 0.25) is 11.8 Å². The summed E-state index contributed by atoms with van der Waals surface area (Å²) in [6.07, 6.45) is 5.30. The molecule has 9 heteroatoms. The van der Waals surface area contributed by atoms with Gasteiger partial charge in [0.15, 0.2) is 0 Å². The van der Waals surface area contributed by atoms with Crippen molar-refractivity contribution in [2.75, 3.05) is 31.7 Å². The minimum atomic E-state index is -0.936. The average Bonchev–Trinajstić information content (AvgIpc) is 2.83. The summed E-state index contributed by atoms with van der Waals surface area (Å²) >= 11 is 1.55. The monoisotopic (exact) mass is 523 g/mol. The van der Waals surface area contributed by atoms with E-state index >= 15 is 0 Å². The number of ether oxygens (including phenoxy) is 1. The fraction of sp³-hybridized carbons (Fsp3) is 0.667. The topological polar surface area (TPSA) is 108 Å². The lowest BCUT2D eigenvalue weighted by Gasteiger charge is -2.34. The highest BCUT2D eigenvalue weighted by molar-refractivity contribution is 7.98. The van der Waals surface area contributed by atoms with E-state index in [1.807, 2.05) is 37.4 Å². The van der Waals surface area contributed by atoms with Crippen molar-refractivity contribution in [1.29, 1.82) is 0 Å². The van der Waals surface area contributed by atoms with Crippen LogP contribution in [0.25, 0.3) is 0 Å². The van der Waals surface area contributed by atoms with Gasteiger partial charge in [0, 0.05) is 13.1 Å². The van der Waals surface area contributed by atoms with E-state index in [0.717, 1.165) is 31.2 Å². The SMILES string of the molecule is CCCCCNC(=O)C(c1ccc(CC)cc1)N(CCO)C(=O)C(CCSC)NC(=O)OC(C)(C)C. The van der Waals surface area contributed by atoms with E-state index in [-0.39, 0.29) is 19.1 Å². The third kappa shape index (κ3) is 11.2. The van der Waals surface area contributed by atoms with Crippen LogP contribution in [0, 0.1) is 0 Å². The molecule has 0 aromatic heterocycles. The van der Waals surface area contributed by atoms with Gasteiger partial charge < -0.3 is 25.4 Å². The lowest BCUT2D eigenvalue weighted by molar-refractivity contribution is -0.143. The van der Waals surface area contributed by atoms with Gasteiger partial charge in [-0.05, 0) is 63.2 Å². The second-order valence-corrected chi connectivity index (χ2v) is 10.7. The molecule has 1 aromatic rings. The maximum absolute atomic E-state index is 13.8. The average molecular weight is 524 g/mol. The molecule has 36 heavy (non-hydrogen) atoms. The Morgan fingerprint density at radius 2 is 1.78 bits per heavy atom. The fourth-order valence-electron chi connectivity index (χ4n) is 3.71. The van der Waals surface area contributed by atoms with E-state index in [0.29, 0.717) is 24.3 Å². The molecule has 1 rings (SSSR count). The number of aliphatic hydroxyl groups excluding tert-OH is 1. The minimum absolute atomic E-state index is 0.0484. The van der Waals surface area contributed by atoms with Crippen molar-refractivity contribution in [1.82, 2.24) is 15.5 Å². The first-order chi connectivity index (χ1) is 17.1. The second-order valence-electron chi connectivity index (χ2n) is 9.73. The van der Waals surface area contributed by atoms with E-state index < -0.39 is 29.7 Å². The Kier molecular flexibility index (Phi) is 14.5. The number of aryl methyl sites for hydroxylation is 1. The van der Waals surface area contributed by atoms with Crippen LogP contribution in [0.2, 0.25) is 0 Å². The van der Waals surface area contributed by atoms with Gasteiger partial charge in [-0.1, -0.05) is 51.0 Å². The first-order valence-electron chi connectivity index (χ1n) is 12.8. The quantitative estimate of drug-likeness (QED) is 0.299. The largest absolute Gasteiger partial charge is 0.444 e. The maximum atomic E-state index is 13.8. The molecule has 3 N–H and O–H groups in total. The highest BCUT2D eigenvalue weighted by Crippen LogP contribution is 2.24. The standard InChI is InChI=1S/C27H45N3O5S/c1-7-9-10-16-28-24(32)23(21-13-11-20(8-2)12-14-21)30(17-18-31)25(33)22(15-19-36-6)29-26(34)35-27(3,4)5/h11-14,22-23,31H,7-10,15-19H2,1-6H3,(H,28,32)(H,29,34). The van der Waals surface area contributed by atoms with Crippen LogP contribution in [0.1, 0.15) is 77.5 Å². The number of benzene rings is 1. The van der Waals surface area contributed by atoms with E-state index in [1.54, 1.807) is 32.5 Å². The molecule has 0 aliphatic carbocycles. The Morgan fingerprint density at radius 3 is 2.31 bits per heavy atom. The zero-order valence-electron chi connectivity index (χ0n) is 22.8. The van der Waals surface area contributed by atoms with Gasteiger partial charge in [-0.3, -0.25) is 9.59 Å². The molecule has 0 heterocycles. The zero-order chi connectivity index (χ0) is 27.1. The molecule has 0 radical (unpaired) electrons. The number of hydrogen-bond acceptors (Lipinski definition) is 6. The summed E-state index contributed by atoms with van der Waals surface area (Å²) in [5.74, 6) is -0.117. The minimum Gasteiger partial charge on any atom is -0.444 e. The van der Waals surface area contributed by atoms with Crippen LogP contribution < -0.4 is 10.6 Å². The molecular formula is C27H45N3O5S. The Bertz CT molecular complexity index is 811. The van der Waals surface area contributed by atoms with Crippen LogP contribution in [-0.2, 0) is 20.7 Å². The van der Waals surface area contributed by atoms with Crippen molar-refractivity contribution < 1.29 is 24.2 Å². The first kappa shape index (κ1) is 31.8. The normalized spacial score (nSPS) is 13.0. The Morgan fingerprint density at radius 1 is 1.11 bits per heavy atom. The van der Waals surface area contributed by atoms with Crippen molar-refractivity contribution in [2.45, 2.75) is 84.4 Å². The Hall–Kier alpha value is -2.26. The summed E-state index contributed by atoms with van der Waals surface area (Å²) in [6.45, 7) is 9.53. The number of thioether (sulfide) groups is 1. The highest BCUT2D eigenvalue weighted by atomic mass is 32.2. The predicted octanol–water partition coefficient (Wildman–Crippen LogP) is 4.06. The van der Waals surface area contributed by atoms with Crippen LogP contribution in [0.4, 0.5) is 4.79 Å². The summed E-state index contributed by atoms with van der Waals surface area (Å²) in [5.41, 5.74) is 1.05. The fourth-order valence-corrected chi connectivity index (χ4v) is 4.18. The maximum Gasteiger partial charge on any atom is 0.408 e. The van der Waals surface area contributed by atoms with Crippen molar-refractivity contribution in [3.63, 3.8) is 0 Å². The summed E-state index contributed by atoms with van der Waals surface area (Å²) in [5, 5.41) is 15.5. The van der Waals surface area contributed by atoms with E-state index in [2.05, 4.69) is 17.6 Å². The number of unbranched alkanes of at least 4 members (excludes halogenated alkanes) is 2. The number of rotatable bonds is 15. The van der Waals surface area contributed by atoms with Gasteiger partial charge in [0.05, 0.1) is 6.61 Å².